The van der Waals surface area contributed by atoms with Crippen LogP contribution in [0.5, 0.6) is 0 Å². The van der Waals surface area contributed by atoms with Crippen LogP contribution in [0, 0.1) is 6.92 Å². The molecular weight excluding hydrogens is 234 g/mol. The van der Waals surface area contributed by atoms with Crippen molar-refractivity contribution in [1.82, 2.24) is 0 Å². The Kier molecular flexibility index (Phi) is 3.91. The second kappa shape index (κ2) is 5.41. The van der Waals surface area contributed by atoms with E-state index in [1.165, 1.54) is 20.3 Å². The monoisotopic (exact) mass is 249 g/mol. The van der Waals surface area contributed by atoms with Gasteiger partial charge in [-0.25, -0.2) is 0 Å². The zero-order chi connectivity index (χ0) is 11.4. The molecule has 0 aliphatic rings. The van der Waals surface area contributed by atoms with Crippen molar-refractivity contribution in [3.05, 3.63) is 46.8 Å². The van der Waals surface area contributed by atoms with Crippen LogP contribution in [-0.4, -0.2) is 6.26 Å². The van der Waals surface area contributed by atoms with Gasteiger partial charge in [-0.3, -0.25) is 0 Å². The van der Waals surface area contributed by atoms with Gasteiger partial charge in [-0.15, -0.1) is 23.1 Å². The van der Waals surface area contributed by atoms with Crippen molar-refractivity contribution in [2.45, 2.75) is 17.7 Å². The predicted molar refractivity (Wildman–Crippen MR) is 74.6 cm³/mol. The number of thiophene rings is 1. The Labute approximate surface area is 105 Å². The summed E-state index contributed by atoms with van der Waals surface area (Å²) >= 11 is 3.66. The molecule has 3 heteroatoms. The van der Waals surface area contributed by atoms with Gasteiger partial charge in [-0.2, -0.15) is 0 Å². The minimum absolute atomic E-state index is 0.893. The number of anilines is 1. The molecule has 1 aromatic carbocycles. The fourth-order valence-corrected chi connectivity index (χ4v) is 3.35. The Morgan fingerprint density at radius 3 is 2.69 bits per heavy atom. The van der Waals surface area contributed by atoms with E-state index in [9.17, 15) is 0 Å². The van der Waals surface area contributed by atoms with E-state index in [4.69, 9.17) is 0 Å². The molecule has 1 nitrogen and oxygen atoms in total. The fourth-order valence-electron chi connectivity index (χ4n) is 1.56. The van der Waals surface area contributed by atoms with Crippen LogP contribution < -0.4 is 5.32 Å². The van der Waals surface area contributed by atoms with Crippen LogP contribution >= 0.6 is 23.1 Å². The number of rotatable bonds is 4. The molecular formula is C13H15NS2. The van der Waals surface area contributed by atoms with Crippen LogP contribution in [0.2, 0.25) is 0 Å². The van der Waals surface area contributed by atoms with Crippen molar-refractivity contribution in [3.8, 4) is 0 Å². The first-order chi connectivity index (χ1) is 7.79. The molecule has 0 saturated heterocycles. The van der Waals surface area contributed by atoms with Crippen molar-refractivity contribution in [2.24, 2.45) is 0 Å². The molecule has 0 amide bonds. The quantitative estimate of drug-likeness (QED) is 0.806. The molecule has 0 radical (unpaired) electrons. The SMILES string of the molecule is CSc1sc(C)cc1NCc1ccccc1. The minimum atomic E-state index is 0.893. The lowest BCUT2D eigenvalue weighted by atomic mass is 10.2. The first-order valence-corrected chi connectivity index (χ1v) is 7.26. The second-order valence-corrected chi connectivity index (χ2v) is 5.93. The van der Waals surface area contributed by atoms with Crippen molar-refractivity contribution in [1.29, 1.82) is 0 Å². The number of thioether (sulfide) groups is 1. The van der Waals surface area contributed by atoms with E-state index in [1.54, 1.807) is 0 Å². The van der Waals surface area contributed by atoms with Gasteiger partial charge in [0, 0.05) is 11.4 Å². The summed E-state index contributed by atoms with van der Waals surface area (Å²) in [6, 6.07) is 12.7. The molecule has 0 fully saturated rings. The summed E-state index contributed by atoms with van der Waals surface area (Å²) in [5.74, 6) is 0. The zero-order valence-electron chi connectivity index (χ0n) is 9.49. The number of benzene rings is 1. The Bertz CT molecular complexity index is 448. The van der Waals surface area contributed by atoms with Crippen molar-refractivity contribution < 1.29 is 0 Å². The van der Waals surface area contributed by atoms with Gasteiger partial charge in [0.2, 0.25) is 0 Å². The zero-order valence-corrected chi connectivity index (χ0v) is 11.1. The van der Waals surface area contributed by atoms with E-state index in [0.717, 1.165) is 6.54 Å². The van der Waals surface area contributed by atoms with E-state index in [0.29, 0.717) is 0 Å². The summed E-state index contributed by atoms with van der Waals surface area (Å²) in [6.45, 7) is 3.04. The normalized spacial score (nSPS) is 10.4. The standard InChI is InChI=1S/C13H15NS2/c1-10-8-12(13(15-2)16-10)14-9-11-6-4-3-5-7-11/h3-8,14H,9H2,1-2H3. The van der Waals surface area contributed by atoms with Crippen LogP contribution in [0.25, 0.3) is 0 Å². The third-order valence-corrected chi connectivity index (χ3v) is 4.52. The highest BCUT2D eigenvalue weighted by atomic mass is 32.2. The molecule has 0 saturated carbocycles. The minimum Gasteiger partial charge on any atom is -0.379 e. The lowest BCUT2D eigenvalue weighted by Crippen LogP contribution is -1.98. The third kappa shape index (κ3) is 2.80. The Morgan fingerprint density at radius 2 is 2.00 bits per heavy atom. The smallest absolute Gasteiger partial charge is 0.0830 e. The molecule has 84 valence electrons. The van der Waals surface area contributed by atoms with Crippen molar-refractivity contribution in [3.63, 3.8) is 0 Å². The maximum Gasteiger partial charge on any atom is 0.0830 e. The average molecular weight is 249 g/mol. The first-order valence-electron chi connectivity index (χ1n) is 5.22. The summed E-state index contributed by atoms with van der Waals surface area (Å²) in [5.41, 5.74) is 2.58. The third-order valence-electron chi connectivity index (χ3n) is 2.33. The van der Waals surface area contributed by atoms with Gasteiger partial charge >= 0.3 is 0 Å². The summed E-state index contributed by atoms with van der Waals surface area (Å²) in [5, 5.41) is 3.49. The molecule has 0 atom stereocenters. The molecule has 0 unspecified atom stereocenters. The largest absolute Gasteiger partial charge is 0.379 e. The Morgan fingerprint density at radius 1 is 1.25 bits per heavy atom. The first kappa shape index (κ1) is 11.6. The van der Waals surface area contributed by atoms with Gasteiger partial charge in [-0.05, 0) is 24.8 Å². The number of nitrogens with one attached hydrogen (secondary N) is 1. The van der Waals surface area contributed by atoms with Crippen LogP contribution in [0.4, 0.5) is 5.69 Å². The van der Waals surface area contributed by atoms with Crippen LogP contribution in [0.15, 0.2) is 40.6 Å². The lowest BCUT2D eigenvalue weighted by molar-refractivity contribution is 1.14. The number of aryl methyl sites for hydroxylation is 1. The predicted octanol–water partition coefficient (Wildman–Crippen LogP) is 4.39. The molecule has 0 bridgehead atoms. The fraction of sp³-hybridized carbons (Fsp3) is 0.231. The van der Waals surface area contributed by atoms with Crippen LogP contribution in [-0.2, 0) is 6.54 Å². The second-order valence-electron chi connectivity index (χ2n) is 3.60. The molecule has 1 heterocycles. The maximum atomic E-state index is 3.49. The van der Waals surface area contributed by atoms with Crippen LogP contribution in [0.3, 0.4) is 0 Å². The van der Waals surface area contributed by atoms with E-state index in [-0.39, 0.29) is 0 Å². The van der Waals surface area contributed by atoms with Crippen molar-refractivity contribution >= 4 is 28.8 Å². The molecule has 0 aliphatic carbocycles. The van der Waals surface area contributed by atoms with E-state index < -0.39 is 0 Å². The van der Waals surface area contributed by atoms with Gasteiger partial charge in [0.15, 0.2) is 0 Å². The van der Waals surface area contributed by atoms with Gasteiger partial charge in [-0.1, -0.05) is 30.3 Å². The van der Waals surface area contributed by atoms with Gasteiger partial charge in [0.1, 0.15) is 0 Å². The summed E-state index contributed by atoms with van der Waals surface area (Å²) in [7, 11) is 0. The van der Waals surface area contributed by atoms with Gasteiger partial charge < -0.3 is 5.32 Å². The topological polar surface area (TPSA) is 12.0 Å². The molecule has 2 rings (SSSR count). The summed E-state index contributed by atoms with van der Waals surface area (Å²) < 4.78 is 1.37. The highest BCUT2D eigenvalue weighted by Crippen LogP contribution is 2.34. The maximum absolute atomic E-state index is 3.49. The number of hydrogen-bond donors (Lipinski definition) is 1. The van der Waals surface area contributed by atoms with Crippen LogP contribution in [0.1, 0.15) is 10.4 Å². The highest BCUT2D eigenvalue weighted by Gasteiger charge is 2.05. The Hall–Kier alpha value is -0.930. The van der Waals surface area contributed by atoms with Crippen molar-refractivity contribution in [2.75, 3.05) is 11.6 Å². The summed E-state index contributed by atoms with van der Waals surface area (Å²) in [6.07, 6.45) is 2.12. The summed E-state index contributed by atoms with van der Waals surface area (Å²) in [4.78, 5) is 1.36. The number of hydrogen-bond acceptors (Lipinski definition) is 3. The molecule has 1 aromatic heterocycles. The van der Waals surface area contributed by atoms with E-state index in [1.807, 2.05) is 29.2 Å². The average Bonchev–Trinajstić information content (AvgIpc) is 2.68. The molecule has 0 spiro atoms. The Balaban J connectivity index is 2.04. The van der Waals surface area contributed by atoms with Gasteiger partial charge in [0.05, 0.1) is 9.90 Å². The molecule has 1 N–H and O–H groups in total. The van der Waals surface area contributed by atoms with E-state index >= 15 is 0 Å². The van der Waals surface area contributed by atoms with Gasteiger partial charge in [0.25, 0.3) is 0 Å². The molecule has 16 heavy (non-hydrogen) atoms. The van der Waals surface area contributed by atoms with E-state index in [2.05, 4.69) is 48.8 Å². The molecule has 0 aliphatic heterocycles. The lowest BCUT2D eigenvalue weighted by Gasteiger charge is -2.05. The molecule has 2 aromatic rings. The highest BCUT2D eigenvalue weighted by molar-refractivity contribution is 8.00.